The van der Waals surface area contributed by atoms with Gasteiger partial charge in [0.15, 0.2) is 11.5 Å². The van der Waals surface area contributed by atoms with Crippen molar-refractivity contribution in [3.05, 3.63) is 86.8 Å². The number of non-ortho nitro benzene ring substituents is 1. The van der Waals surface area contributed by atoms with Crippen molar-refractivity contribution in [2.24, 2.45) is 0 Å². The van der Waals surface area contributed by atoms with Gasteiger partial charge in [-0.05, 0) is 63.1 Å². The highest BCUT2D eigenvalue weighted by atomic mass is 35.5. The number of amides is 2. The fraction of sp³-hybridized carbons (Fsp3) is 0.357. The Labute approximate surface area is 232 Å². The van der Waals surface area contributed by atoms with Gasteiger partial charge >= 0.3 is 0 Å². The summed E-state index contributed by atoms with van der Waals surface area (Å²) in [6, 6.07) is 12.7. The SMILES string of the molecule is COc1ccc(CCN(Cc2ccco2)C(=O)CN(C(=O)c2ccc([N+](=O)[O-])cc2Cl)C(C)(C)C)cc1OC. The number of benzene rings is 2. The van der Waals surface area contributed by atoms with E-state index in [9.17, 15) is 19.7 Å². The fourth-order valence-corrected chi connectivity index (χ4v) is 4.22. The first-order valence-corrected chi connectivity index (χ1v) is 12.6. The third-order valence-electron chi connectivity index (χ3n) is 6.14. The number of carbonyl (C=O) groups is 2. The molecule has 39 heavy (non-hydrogen) atoms. The summed E-state index contributed by atoms with van der Waals surface area (Å²) in [6.07, 6.45) is 2.05. The third-order valence-corrected chi connectivity index (χ3v) is 6.45. The summed E-state index contributed by atoms with van der Waals surface area (Å²) >= 11 is 6.24. The highest BCUT2D eigenvalue weighted by molar-refractivity contribution is 6.34. The van der Waals surface area contributed by atoms with Crippen LogP contribution in [-0.4, -0.2) is 59.4 Å². The molecule has 3 rings (SSSR count). The van der Waals surface area contributed by atoms with E-state index in [-0.39, 0.29) is 35.3 Å². The molecule has 10 nitrogen and oxygen atoms in total. The Morgan fingerprint density at radius 3 is 2.33 bits per heavy atom. The number of nitro groups is 1. The van der Waals surface area contributed by atoms with E-state index >= 15 is 0 Å². The van der Waals surface area contributed by atoms with Crippen molar-refractivity contribution in [2.45, 2.75) is 39.3 Å². The van der Waals surface area contributed by atoms with Gasteiger partial charge in [-0.1, -0.05) is 17.7 Å². The number of methoxy groups -OCH3 is 2. The van der Waals surface area contributed by atoms with Crippen molar-refractivity contribution in [1.29, 1.82) is 0 Å². The van der Waals surface area contributed by atoms with Crippen molar-refractivity contribution in [1.82, 2.24) is 9.80 Å². The first kappa shape index (κ1) is 29.5. The minimum atomic E-state index is -0.752. The minimum absolute atomic E-state index is 0.0585. The lowest BCUT2D eigenvalue weighted by atomic mass is 10.0. The van der Waals surface area contributed by atoms with Gasteiger partial charge in [-0.25, -0.2) is 0 Å². The standard InChI is InChI=1S/C28H32ClN3O7/c1-28(2,3)31(27(34)22-10-9-20(32(35)36)16-23(22)29)18-26(33)30(17-21-7-6-14-39-21)13-12-19-8-11-24(37-4)25(15-19)38-5/h6-11,14-16H,12-13,17-18H2,1-5H3. The smallest absolute Gasteiger partial charge is 0.270 e. The van der Waals surface area contributed by atoms with E-state index in [4.69, 9.17) is 25.5 Å². The van der Waals surface area contributed by atoms with Crippen molar-refractivity contribution >= 4 is 29.1 Å². The van der Waals surface area contributed by atoms with Crippen molar-refractivity contribution in [3.8, 4) is 11.5 Å². The highest BCUT2D eigenvalue weighted by Gasteiger charge is 2.32. The van der Waals surface area contributed by atoms with Crippen LogP contribution in [0.5, 0.6) is 11.5 Å². The molecule has 0 spiro atoms. The third kappa shape index (κ3) is 7.51. The molecule has 0 saturated carbocycles. The van der Waals surface area contributed by atoms with Crippen molar-refractivity contribution < 1.29 is 28.4 Å². The lowest BCUT2D eigenvalue weighted by Crippen LogP contribution is -2.51. The van der Waals surface area contributed by atoms with Gasteiger partial charge in [0, 0.05) is 24.2 Å². The zero-order chi connectivity index (χ0) is 28.7. The molecule has 0 saturated heterocycles. The lowest BCUT2D eigenvalue weighted by molar-refractivity contribution is -0.384. The quantitative estimate of drug-likeness (QED) is 0.230. The molecule has 11 heteroatoms. The molecular formula is C28H32ClN3O7. The molecule has 0 aliphatic carbocycles. The molecular weight excluding hydrogens is 526 g/mol. The number of nitro benzene ring substituents is 1. The summed E-state index contributed by atoms with van der Waals surface area (Å²) < 4.78 is 16.2. The second kappa shape index (κ2) is 12.7. The monoisotopic (exact) mass is 557 g/mol. The van der Waals surface area contributed by atoms with Gasteiger partial charge in [0.05, 0.1) is 42.5 Å². The number of hydrogen-bond acceptors (Lipinski definition) is 7. The predicted octanol–water partition coefficient (Wildman–Crippen LogP) is 5.37. The van der Waals surface area contributed by atoms with Crippen LogP contribution >= 0.6 is 11.6 Å². The van der Waals surface area contributed by atoms with Crippen LogP contribution in [-0.2, 0) is 17.8 Å². The maximum Gasteiger partial charge on any atom is 0.270 e. The summed E-state index contributed by atoms with van der Waals surface area (Å²) in [4.78, 5) is 40.7. The number of rotatable bonds is 11. The van der Waals surface area contributed by atoms with Gasteiger partial charge in [0.2, 0.25) is 5.91 Å². The van der Waals surface area contributed by atoms with Crippen molar-refractivity contribution in [3.63, 3.8) is 0 Å². The van der Waals surface area contributed by atoms with Crippen LogP contribution < -0.4 is 9.47 Å². The summed E-state index contributed by atoms with van der Waals surface area (Å²) in [5, 5.41) is 11.0. The molecule has 0 atom stereocenters. The fourth-order valence-electron chi connectivity index (χ4n) is 3.97. The number of ether oxygens (including phenoxy) is 2. The molecule has 208 valence electrons. The molecule has 0 fully saturated rings. The number of nitrogens with zero attached hydrogens (tertiary/aromatic N) is 3. The Bertz CT molecular complexity index is 1320. The first-order valence-electron chi connectivity index (χ1n) is 12.2. The molecule has 1 heterocycles. The number of carbonyl (C=O) groups excluding carboxylic acids is 2. The van der Waals surface area contributed by atoms with Gasteiger partial charge < -0.3 is 23.7 Å². The molecule has 0 unspecified atom stereocenters. The van der Waals surface area contributed by atoms with Crippen LogP contribution in [0.3, 0.4) is 0 Å². The molecule has 0 radical (unpaired) electrons. The van der Waals surface area contributed by atoms with E-state index in [2.05, 4.69) is 0 Å². The number of furan rings is 1. The normalized spacial score (nSPS) is 11.1. The minimum Gasteiger partial charge on any atom is -0.493 e. The van der Waals surface area contributed by atoms with Crippen LogP contribution in [0.25, 0.3) is 0 Å². The van der Waals surface area contributed by atoms with Crippen LogP contribution in [0, 0.1) is 10.1 Å². The lowest BCUT2D eigenvalue weighted by Gasteiger charge is -2.37. The predicted molar refractivity (Wildman–Crippen MR) is 146 cm³/mol. The molecule has 2 aromatic carbocycles. The van der Waals surface area contributed by atoms with E-state index in [1.54, 1.807) is 58.1 Å². The molecule has 1 aromatic heterocycles. The average Bonchev–Trinajstić information content (AvgIpc) is 3.41. The largest absolute Gasteiger partial charge is 0.493 e. The average molecular weight is 558 g/mol. The maximum atomic E-state index is 13.7. The zero-order valence-electron chi connectivity index (χ0n) is 22.6. The molecule has 2 amide bonds. The highest BCUT2D eigenvalue weighted by Crippen LogP contribution is 2.29. The van der Waals surface area contributed by atoms with Crippen molar-refractivity contribution in [2.75, 3.05) is 27.3 Å². The van der Waals surface area contributed by atoms with E-state index in [0.717, 1.165) is 11.6 Å². The van der Waals surface area contributed by atoms with Crippen LogP contribution in [0.2, 0.25) is 5.02 Å². The Hall–Kier alpha value is -4.05. The second-order valence-electron chi connectivity index (χ2n) is 9.82. The van der Waals surface area contributed by atoms with E-state index in [0.29, 0.717) is 30.2 Å². The van der Waals surface area contributed by atoms with Crippen LogP contribution in [0.1, 0.15) is 42.5 Å². The summed E-state index contributed by atoms with van der Waals surface area (Å²) in [7, 11) is 3.12. The number of hydrogen-bond donors (Lipinski definition) is 0. The topological polar surface area (TPSA) is 115 Å². The first-order chi connectivity index (χ1) is 18.4. The van der Waals surface area contributed by atoms with E-state index in [1.807, 2.05) is 12.1 Å². The second-order valence-corrected chi connectivity index (χ2v) is 10.2. The van der Waals surface area contributed by atoms with E-state index < -0.39 is 16.4 Å². The zero-order valence-corrected chi connectivity index (χ0v) is 23.4. The molecule has 0 aliphatic heterocycles. The van der Waals surface area contributed by atoms with Gasteiger partial charge in [-0.15, -0.1) is 0 Å². The van der Waals surface area contributed by atoms with Gasteiger partial charge in [-0.3, -0.25) is 19.7 Å². The Balaban J connectivity index is 1.84. The maximum absolute atomic E-state index is 13.7. The molecule has 3 aromatic rings. The Morgan fingerprint density at radius 1 is 1.05 bits per heavy atom. The molecule has 0 aliphatic rings. The summed E-state index contributed by atoms with van der Waals surface area (Å²) in [5.74, 6) is 0.988. The molecule has 0 bridgehead atoms. The summed E-state index contributed by atoms with van der Waals surface area (Å²) in [6.45, 7) is 5.74. The van der Waals surface area contributed by atoms with E-state index in [1.165, 1.54) is 23.3 Å². The van der Waals surface area contributed by atoms with Gasteiger partial charge in [0.25, 0.3) is 11.6 Å². The van der Waals surface area contributed by atoms with Crippen LogP contribution in [0.15, 0.2) is 59.2 Å². The number of halogens is 1. The molecule has 0 N–H and O–H groups in total. The summed E-state index contributed by atoms with van der Waals surface area (Å²) in [5.41, 5.74) is 0.0336. The van der Waals surface area contributed by atoms with Gasteiger partial charge in [-0.2, -0.15) is 0 Å². The van der Waals surface area contributed by atoms with Gasteiger partial charge in [0.1, 0.15) is 12.3 Å². The van der Waals surface area contributed by atoms with Crippen LogP contribution in [0.4, 0.5) is 5.69 Å². The Morgan fingerprint density at radius 2 is 1.77 bits per heavy atom. The Kier molecular flexibility index (Phi) is 9.58.